The first kappa shape index (κ1) is 17.7. The van der Waals surface area contributed by atoms with Gasteiger partial charge in [0.25, 0.3) is 0 Å². The number of benzene rings is 1. The van der Waals surface area contributed by atoms with Gasteiger partial charge in [0.15, 0.2) is 0 Å². The second-order valence-electron chi connectivity index (χ2n) is 6.38. The Balaban J connectivity index is 2.06. The largest absolute Gasteiger partial charge is 0.443 e. The van der Waals surface area contributed by atoms with Gasteiger partial charge in [-0.05, 0) is 50.1 Å². The summed E-state index contributed by atoms with van der Waals surface area (Å²) in [6.07, 6.45) is 4.69. The van der Waals surface area contributed by atoms with Crippen molar-refractivity contribution in [2.45, 2.75) is 26.4 Å². The Morgan fingerprint density at radius 3 is 2.33 bits per heavy atom. The predicted molar refractivity (Wildman–Crippen MR) is 94.2 cm³/mol. The van der Waals surface area contributed by atoms with Crippen LogP contribution in [0, 0.1) is 5.95 Å². The first-order chi connectivity index (χ1) is 11.2. The van der Waals surface area contributed by atoms with E-state index in [0.717, 1.165) is 16.8 Å². The Kier molecular flexibility index (Phi) is 5.34. The number of rotatable bonds is 3. The third kappa shape index (κ3) is 5.19. The maximum absolute atomic E-state index is 13.0. The van der Waals surface area contributed by atoms with Gasteiger partial charge in [-0.2, -0.15) is 4.39 Å². The van der Waals surface area contributed by atoms with Gasteiger partial charge in [0.05, 0.1) is 0 Å². The van der Waals surface area contributed by atoms with Gasteiger partial charge in [0.2, 0.25) is 5.95 Å². The molecule has 0 radical (unpaired) electrons. The molecule has 1 aromatic carbocycles. The molecule has 0 saturated carbocycles. The zero-order valence-corrected chi connectivity index (χ0v) is 14.3. The Hall–Kier alpha value is -2.69. The monoisotopic (exact) mass is 328 g/mol. The van der Waals surface area contributed by atoms with Crippen molar-refractivity contribution in [2.75, 3.05) is 11.9 Å². The molecule has 1 amide bonds. The highest BCUT2D eigenvalue weighted by molar-refractivity contribution is 5.87. The van der Waals surface area contributed by atoms with E-state index in [1.807, 2.05) is 51.1 Å². The number of hydrogen-bond acceptors (Lipinski definition) is 3. The summed E-state index contributed by atoms with van der Waals surface area (Å²) in [7, 11) is 1.67. The summed E-state index contributed by atoms with van der Waals surface area (Å²) in [4.78, 5) is 17.0. The van der Waals surface area contributed by atoms with Gasteiger partial charge in [0, 0.05) is 25.0 Å². The third-order valence-electron chi connectivity index (χ3n) is 3.17. The zero-order valence-electron chi connectivity index (χ0n) is 14.3. The SMILES string of the molecule is CN(C(=O)OC(C)(C)C)c1ccc(C=Cc2ccnc(F)c2)cc1. The van der Waals surface area contributed by atoms with Crippen LogP contribution in [0.1, 0.15) is 31.9 Å². The zero-order chi connectivity index (χ0) is 17.7. The summed E-state index contributed by atoms with van der Waals surface area (Å²) in [5.74, 6) is -0.508. The van der Waals surface area contributed by atoms with Gasteiger partial charge in [0.1, 0.15) is 5.60 Å². The molecule has 2 aromatic rings. The lowest BCUT2D eigenvalue weighted by atomic mass is 10.1. The van der Waals surface area contributed by atoms with E-state index in [4.69, 9.17) is 4.74 Å². The number of aromatic nitrogens is 1. The highest BCUT2D eigenvalue weighted by atomic mass is 19.1. The molecule has 0 saturated heterocycles. The highest BCUT2D eigenvalue weighted by Crippen LogP contribution is 2.18. The Bertz CT molecular complexity index is 734. The molecular weight excluding hydrogens is 307 g/mol. The summed E-state index contributed by atoms with van der Waals surface area (Å²) in [5.41, 5.74) is 1.87. The Labute approximate surface area is 141 Å². The van der Waals surface area contributed by atoms with Crippen LogP contribution in [0.3, 0.4) is 0 Å². The summed E-state index contributed by atoms with van der Waals surface area (Å²) < 4.78 is 18.4. The molecule has 0 aliphatic heterocycles. The van der Waals surface area contributed by atoms with Crippen molar-refractivity contribution in [1.82, 2.24) is 4.98 Å². The Morgan fingerprint density at radius 1 is 1.12 bits per heavy atom. The van der Waals surface area contributed by atoms with E-state index in [1.54, 1.807) is 19.2 Å². The number of pyridine rings is 1. The molecule has 24 heavy (non-hydrogen) atoms. The van der Waals surface area contributed by atoms with E-state index in [1.165, 1.54) is 17.2 Å². The molecule has 0 spiro atoms. The molecule has 0 unspecified atom stereocenters. The fourth-order valence-corrected chi connectivity index (χ4v) is 1.96. The molecule has 126 valence electrons. The molecular formula is C19H21FN2O2. The predicted octanol–water partition coefficient (Wildman–Crippen LogP) is 4.76. The van der Waals surface area contributed by atoms with E-state index < -0.39 is 17.6 Å². The minimum Gasteiger partial charge on any atom is -0.443 e. The molecule has 0 bridgehead atoms. The van der Waals surface area contributed by atoms with E-state index >= 15 is 0 Å². The van der Waals surface area contributed by atoms with Crippen molar-refractivity contribution >= 4 is 23.9 Å². The molecule has 4 nitrogen and oxygen atoms in total. The number of hydrogen-bond donors (Lipinski definition) is 0. The van der Waals surface area contributed by atoms with Crippen molar-refractivity contribution in [3.63, 3.8) is 0 Å². The first-order valence-electron chi connectivity index (χ1n) is 7.61. The standard InChI is InChI=1S/C19H21FN2O2/c1-19(2,3)24-18(23)22(4)16-9-7-14(8-10-16)5-6-15-11-12-21-17(20)13-15/h5-13H,1-4H3. The third-order valence-corrected chi connectivity index (χ3v) is 3.17. The van der Waals surface area contributed by atoms with Crippen LogP contribution in [0.4, 0.5) is 14.9 Å². The lowest BCUT2D eigenvalue weighted by Crippen LogP contribution is -2.34. The summed E-state index contributed by atoms with van der Waals surface area (Å²) in [5, 5.41) is 0. The molecule has 1 aromatic heterocycles. The van der Waals surface area contributed by atoms with Gasteiger partial charge in [-0.1, -0.05) is 24.3 Å². The lowest BCUT2D eigenvalue weighted by Gasteiger charge is -2.24. The van der Waals surface area contributed by atoms with Crippen molar-refractivity contribution in [3.05, 3.63) is 59.7 Å². The average molecular weight is 328 g/mol. The van der Waals surface area contributed by atoms with Crippen LogP contribution in [0.5, 0.6) is 0 Å². The van der Waals surface area contributed by atoms with Crippen LogP contribution in [-0.4, -0.2) is 23.7 Å². The first-order valence-corrected chi connectivity index (χ1v) is 7.61. The molecule has 5 heteroatoms. The number of ether oxygens (including phenoxy) is 1. The van der Waals surface area contributed by atoms with Crippen LogP contribution in [0.2, 0.25) is 0 Å². The molecule has 0 aliphatic carbocycles. The Morgan fingerprint density at radius 2 is 1.75 bits per heavy atom. The summed E-state index contributed by atoms with van der Waals surface area (Å²) in [6.45, 7) is 5.48. The van der Waals surface area contributed by atoms with Gasteiger partial charge < -0.3 is 4.74 Å². The molecule has 0 fully saturated rings. The quantitative estimate of drug-likeness (QED) is 0.763. The lowest BCUT2D eigenvalue weighted by molar-refractivity contribution is 0.0589. The van der Waals surface area contributed by atoms with Crippen molar-refractivity contribution < 1.29 is 13.9 Å². The number of carbonyl (C=O) groups excluding carboxylic acids is 1. The molecule has 0 N–H and O–H groups in total. The maximum atomic E-state index is 13.0. The minimum atomic E-state index is -0.534. The van der Waals surface area contributed by atoms with Crippen LogP contribution in [0.25, 0.3) is 12.2 Å². The smallest absolute Gasteiger partial charge is 0.414 e. The van der Waals surface area contributed by atoms with Crippen molar-refractivity contribution in [2.24, 2.45) is 0 Å². The minimum absolute atomic E-state index is 0.405. The van der Waals surface area contributed by atoms with Crippen LogP contribution in [0.15, 0.2) is 42.6 Å². The number of amides is 1. The molecule has 1 heterocycles. The van der Waals surface area contributed by atoms with Crippen LogP contribution >= 0.6 is 0 Å². The summed E-state index contributed by atoms with van der Waals surface area (Å²) >= 11 is 0. The van der Waals surface area contributed by atoms with Gasteiger partial charge in [-0.15, -0.1) is 0 Å². The number of halogens is 1. The fraction of sp³-hybridized carbons (Fsp3) is 0.263. The van der Waals surface area contributed by atoms with E-state index in [-0.39, 0.29) is 0 Å². The molecule has 2 rings (SSSR count). The summed E-state index contributed by atoms with van der Waals surface area (Å²) in [6, 6.07) is 10.5. The van der Waals surface area contributed by atoms with Crippen LogP contribution < -0.4 is 4.90 Å². The van der Waals surface area contributed by atoms with Crippen molar-refractivity contribution in [1.29, 1.82) is 0 Å². The van der Waals surface area contributed by atoms with E-state index in [2.05, 4.69) is 4.98 Å². The highest BCUT2D eigenvalue weighted by Gasteiger charge is 2.20. The number of anilines is 1. The normalized spacial score (nSPS) is 11.5. The fourth-order valence-electron chi connectivity index (χ4n) is 1.96. The van der Waals surface area contributed by atoms with Gasteiger partial charge in [-0.3, -0.25) is 4.90 Å². The van der Waals surface area contributed by atoms with Crippen LogP contribution in [-0.2, 0) is 4.74 Å². The topological polar surface area (TPSA) is 42.4 Å². The van der Waals surface area contributed by atoms with Gasteiger partial charge in [-0.25, -0.2) is 9.78 Å². The second-order valence-corrected chi connectivity index (χ2v) is 6.38. The number of nitrogens with zero attached hydrogens (tertiary/aromatic N) is 2. The van der Waals surface area contributed by atoms with Gasteiger partial charge >= 0.3 is 6.09 Å². The average Bonchev–Trinajstić information content (AvgIpc) is 2.51. The van der Waals surface area contributed by atoms with E-state index in [9.17, 15) is 9.18 Å². The second kappa shape index (κ2) is 7.25. The maximum Gasteiger partial charge on any atom is 0.414 e. The van der Waals surface area contributed by atoms with E-state index in [0.29, 0.717) is 0 Å². The molecule has 0 aliphatic rings. The number of carbonyl (C=O) groups is 1. The molecule has 0 atom stereocenters. The van der Waals surface area contributed by atoms with Crippen molar-refractivity contribution in [3.8, 4) is 0 Å².